The van der Waals surface area contributed by atoms with Crippen molar-refractivity contribution in [2.45, 2.75) is 0 Å². The average molecular weight is 324 g/mol. The standard InChI is InChI=1S/C8H10Cl4N2O3/c9-5(7(10)11)6(8(12)14(15)16)13-1-3-17-4-2-13/h14-15H,1-4H2/b8-6+. The number of ether oxygens (including phenoxy) is 1. The minimum absolute atomic E-state index is 0.0809. The first kappa shape index (κ1) is 15.3. The highest BCUT2D eigenvalue weighted by Crippen LogP contribution is 2.29. The molecular weight excluding hydrogens is 314 g/mol. The van der Waals surface area contributed by atoms with Crippen LogP contribution in [0.5, 0.6) is 0 Å². The van der Waals surface area contributed by atoms with Gasteiger partial charge in [-0.15, -0.1) is 0 Å². The van der Waals surface area contributed by atoms with E-state index in [2.05, 4.69) is 0 Å². The van der Waals surface area contributed by atoms with Gasteiger partial charge in [-0.25, -0.2) is 5.21 Å². The van der Waals surface area contributed by atoms with Crippen molar-refractivity contribution in [2.75, 3.05) is 26.3 Å². The molecule has 1 unspecified atom stereocenters. The summed E-state index contributed by atoms with van der Waals surface area (Å²) in [6.45, 7) is 1.85. The molecular formula is C8H10Cl4N2O3. The highest BCUT2D eigenvalue weighted by molar-refractivity contribution is 6.60. The van der Waals surface area contributed by atoms with Gasteiger partial charge >= 0.3 is 0 Å². The summed E-state index contributed by atoms with van der Waals surface area (Å²) in [5.41, 5.74) is 0.115. The van der Waals surface area contributed by atoms with E-state index >= 15 is 0 Å². The number of halogens is 4. The third kappa shape index (κ3) is 4.15. The van der Waals surface area contributed by atoms with Crippen molar-refractivity contribution in [3.63, 3.8) is 0 Å². The van der Waals surface area contributed by atoms with Gasteiger partial charge < -0.3 is 14.8 Å². The molecule has 1 saturated heterocycles. The molecule has 17 heavy (non-hydrogen) atoms. The molecule has 0 radical (unpaired) electrons. The topological polar surface area (TPSA) is 60.2 Å². The molecule has 0 spiro atoms. The molecule has 1 rings (SSSR count). The Labute approximate surface area is 118 Å². The lowest BCUT2D eigenvalue weighted by atomic mass is 10.3. The van der Waals surface area contributed by atoms with Gasteiger partial charge in [0, 0.05) is 13.1 Å². The molecule has 2 N–H and O–H groups in total. The summed E-state index contributed by atoms with van der Waals surface area (Å²) in [4.78, 5) is 1.67. The van der Waals surface area contributed by atoms with Crippen LogP contribution in [0, 0.1) is 5.21 Å². The number of morpholine rings is 1. The van der Waals surface area contributed by atoms with E-state index in [-0.39, 0.29) is 15.2 Å². The maximum atomic E-state index is 10.9. The van der Waals surface area contributed by atoms with Gasteiger partial charge in [0.15, 0.2) is 0 Å². The summed E-state index contributed by atoms with van der Waals surface area (Å²) in [5, 5.41) is 18.0. The second-order valence-corrected chi connectivity index (χ2v) is 4.85. The van der Waals surface area contributed by atoms with Crippen LogP contribution >= 0.6 is 46.4 Å². The van der Waals surface area contributed by atoms with Crippen molar-refractivity contribution in [1.29, 1.82) is 0 Å². The molecule has 98 valence electrons. The van der Waals surface area contributed by atoms with Crippen molar-refractivity contribution >= 4 is 46.4 Å². The summed E-state index contributed by atoms with van der Waals surface area (Å²) in [7, 11) is 0. The Balaban J connectivity index is 3.10. The quantitative estimate of drug-likeness (QED) is 0.468. The van der Waals surface area contributed by atoms with Crippen LogP contribution in [-0.4, -0.2) is 36.4 Å². The molecule has 5 nitrogen and oxygen atoms in total. The number of allylic oxidation sites excluding steroid dienone is 1. The van der Waals surface area contributed by atoms with E-state index in [0.29, 0.717) is 26.3 Å². The molecule has 1 fully saturated rings. The highest BCUT2D eigenvalue weighted by atomic mass is 35.5. The number of hydrogen-bond acceptors (Lipinski definition) is 4. The summed E-state index contributed by atoms with van der Waals surface area (Å²) in [6, 6.07) is 0. The normalized spacial score (nSPS) is 19.8. The SMILES string of the molecule is [O-][NH+](O)/C(Cl)=C(\C(Cl)=C(Cl)Cl)N1CCOCC1. The zero-order chi connectivity index (χ0) is 13.0. The minimum atomic E-state index is -1.29. The van der Waals surface area contributed by atoms with Crippen LogP contribution in [0.2, 0.25) is 0 Å². The maximum Gasteiger partial charge on any atom is 0.258 e. The Bertz CT molecular complexity index is 336. The Kier molecular flexibility index (Phi) is 6.33. The van der Waals surface area contributed by atoms with E-state index < -0.39 is 10.4 Å². The van der Waals surface area contributed by atoms with Crippen molar-refractivity contribution in [3.8, 4) is 0 Å². The van der Waals surface area contributed by atoms with Crippen LogP contribution in [0.1, 0.15) is 0 Å². The fourth-order valence-electron chi connectivity index (χ4n) is 1.35. The largest absolute Gasteiger partial charge is 0.594 e. The Morgan fingerprint density at radius 3 is 2.12 bits per heavy atom. The molecule has 0 saturated carbocycles. The van der Waals surface area contributed by atoms with E-state index in [0.717, 1.165) is 0 Å². The molecule has 0 aromatic heterocycles. The molecule has 1 aliphatic rings. The predicted molar refractivity (Wildman–Crippen MR) is 66.0 cm³/mol. The van der Waals surface area contributed by atoms with Crippen LogP contribution in [0.15, 0.2) is 20.4 Å². The first-order valence-electron chi connectivity index (χ1n) is 4.62. The number of hydroxylamine groups is 2. The van der Waals surface area contributed by atoms with Gasteiger partial charge in [-0.3, -0.25) is 0 Å². The van der Waals surface area contributed by atoms with Crippen molar-refractivity contribution in [1.82, 2.24) is 4.90 Å². The zero-order valence-corrected chi connectivity index (χ0v) is 11.6. The number of hydrogen-bond donors (Lipinski definition) is 2. The Hall–Kier alpha value is 0.280. The highest BCUT2D eigenvalue weighted by Gasteiger charge is 2.25. The summed E-state index contributed by atoms with van der Waals surface area (Å²) in [5.74, 6) is 0. The van der Waals surface area contributed by atoms with Gasteiger partial charge in [0.05, 0.1) is 13.2 Å². The second-order valence-electron chi connectivity index (χ2n) is 3.14. The monoisotopic (exact) mass is 322 g/mol. The second kappa shape index (κ2) is 7.01. The lowest BCUT2D eigenvalue weighted by Crippen LogP contribution is -3.02. The zero-order valence-electron chi connectivity index (χ0n) is 8.55. The number of nitrogens with one attached hydrogen (secondary N) is 1. The minimum Gasteiger partial charge on any atom is -0.594 e. The van der Waals surface area contributed by atoms with Gasteiger partial charge in [-0.1, -0.05) is 34.8 Å². The molecule has 0 amide bonds. The van der Waals surface area contributed by atoms with Crippen molar-refractivity contribution in [2.24, 2.45) is 0 Å². The third-order valence-corrected chi connectivity index (χ3v) is 3.38. The van der Waals surface area contributed by atoms with Gasteiger partial charge in [-0.2, -0.15) is 5.23 Å². The molecule has 1 aliphatic heterocycles. The maximum absolute atomic E-state index is 10.9. The lowest BCUT2D eigenvalue weighted by Gasteiger charge is -2.31. The van der Waals surface area contributed by atoms with Crippen molar-refractivity contribution in [3.05, 3.63) is 25.6 Å². The Morgan fingerprint density at radius 2 is 1.71 bits per heavy atom. The van der Waals surface area contributed by atoms with Crippen LogP contribution in [0.3, 0.4) is 0 Å². The molecule has 1 heterocycles. The number of nitrogens with zero attached hydrogens (tertiary/aromatic N) is 1. The molecule has 9 heteroatoms. The third-order valence-electron chi connectivity index (χ3n) is 2.10. The summed E-state index contributed by atoms with van der Waals surface area (Å²) < 4.78 is 4.92. The molecule has 0 aromatic rings. The van der Waals surface area contributed by atoms with Gasteiger partial charge in [0.2, 0.25) is 0 Å². The molecule has 1 atom stereocenters. The van der Waals surface area contributed by atoms with Gasteiger partial charge in [0.25, 0.3) is 5.16 Å². The fraction of sp³-hybridized carbons (Fsp3) is 0.500. The van der Waals surface area contributed by atoms with E-state index in [9.17, 15) is 5.21 Å². The fourth-order valence-corrected chi connectivity index (χ4v) is 2.01. The molecule has 0 bridgehead atoms. The smallest absolute Gasteiger partial charge is 0.258 e. The van der Waals surface area contributed by atoms with E-state index in [4.69, 9.17) is 56.3 Å². The van der Waals surface area contributed by atoms with E-state index in [1.165, 1.54) is 0 Å². The van der Waals surface area contributed by atoms with E-state index in [1.54, 1.807) is 4.90 Å². The Morgan fingerprint density at radius 1 is 1.18 bits per heavy atom. The van der Waals surface area contributed by atoms with Gasteiger partial charge in [-0.05, 0) is 11.6 Å². The first-order chi connectivity index (χ1) is 7.95. The van der Waals surface area contributed by atoms with Crippen LogP contribution in [-0.2, 0) is 4.74 Å². The summed E-state index contributed by atoms with van der Waals surface area (Å²) in [6.07, 6.45) is 0. The molecule has 0 aliphatic carbocycles. The van der Waals surface area contributed by atoms with Crippen LogP contribution in [0.25, 0.3) is 0 Å². The van der Waals surface area contributed by atoms with Crippen LogP contribution in [0.4, 0.5) is 0 Å². The average Bonchev–Trinajstić information content (AvgIpc) is 2.30. The predicted octanol–water partition coefficient (Wildman–Crippen LogP) is 1.38. The van der Waals surface area contributed by atoms with Crippen molar-refractivity contribution < 1.29 is 15.2 Å². The lowest BCUT2D eigenvalue weighted by molar-refractivity contribution is -1.01. The van der Waals surface area contributed by atoms with Gasteiger partial charge in [0.1, 0.15) is 15.2 Å². The van der Waals surface area contributed by atoms with E-state index in [1.807, 2.05) is 0 Å². The number of rotatable bonds is 3. The first-order valence-corrected chi connectivity index (χ1v) is 6.13. The number of quaternary nitrogens is 1. The molecule has 0 aromatic carbocycles. The van der Waals surface area contributed by atoms with Crippen LogP contribution < -0.4 is 5.23 Å². The summed E-state index contributed by atoms with van der Waals surface area (Å²) >= 11 is 22.7.